The third-order valence-electron chi connectivity index (χ3n) is 18.7. The molecule has 26 N–H and O–H groups in total. The molecule has 0 aliphatic carbocycles. The van der Waals surface area contributed by atoms with E-state index in [2.05, 4.69) is 81.6 Å². The van der Waals surface area contributed by atoms with Crippen LogP contribution in [0.4, 0.5) is 11.4 Å². The van der Waals surface area contributed by atoms with Crippen LogP contribution < -0.4 is 53.7 Å². The fraction of sp³-hybridized carbons (Fsp3) is 0.488. The number of methoxy groups -OCH3 is 2. The second-order valence-electron chi connectivity index (χ2n) is 29.6. The summed E-state index contributed by atoms with van der Waals surface area (Å²) < 4.78 is 10.9. The summed E-state index contributed by atoms with van der Waals surface area (Å²) >= 11 is 0. The number of fused-ring (bicyclic) bond motifs is 4. The Bertz CT molecular complexity index is 4290. The average Bonchev–Trinajstić information content (AvgIpc) is 0.842. The van der Waals surface area contributed by atoms with Crippen molar-refractivity contribution in [3.05, 3.63) is 119 Å². The van der Waals surface area contributed by atoms with E-state index >= 15 is 0 Å². The molecule has 0 saturated carbocycles. The third kappa shape index (κ3) is 35.5. The van der Waals surface area contributed by atoms with Gasteiger partial charge in [-0.1, -0.05) is 88.4 Å². The minimum Gasteiger partial charge on any atom is -0.496 e. The average molecular weight is 1730 g/mol. The lowest BCUT2D eigenvalue weighted by Gasteiger charge is -2.21. The van der Waals surface area contributed by atoms with E-state index in [0.29, 0.717) is 36.8 Å². The Kier molecular flexibility index (Phi) is 43.2. The van der Waals surface area contributed by atoms with Gasteiger partial charge in [-0.15, -0.1) is 20.4 Å². The first-order valence-electron chi connectivity index (χ1n) is 40.2. The number of aliphatic carboxylic acids is 2. The third-order valence-corrected chi connectivity index (χ3v) is 18.7. The molecule has 0 aromatic heterocycles. The van der Waals surface area contributed by atoms with E-state index in [9.17, 15) is 100 Å². The number of carbonyl (C=O) groups excluding carboxylic acids is 4. The number of hydrogen-bond acceptors (Lipinski definition) is 24. The minimum atomic E-state index is -1.61. The Morgan fingerprint density at radius 2 is 0.758 bits per heavy atom. The van der Waals surface area contributed by atoms with Crippen molar-refractivity contribution in [2.75, 3.05) is 51.0 Å². The highest BCUT2D eigenvalue weighted by Crippen LogP contribution is 2.27. The quantitative estimate of drug-likeness (QED) is 0.0242. The molecule has 1 aliphatic rings. The summed E-state index contributed by atoms with van der Waals surface area (Å²) in [6.45, 7) is 7.18. The number of hydrogen-bond donors (Lipinski definition) is 22. The predicted octanol–water partition coefficient (Wildman–Crippen LogP) is 7.26. The van der Waals surface area contributed by atoms with Crippen LogP contribution in [0.2, 0.25) is 0 Å². The molecule has 4 bridgehead atoms. The standard InChI is InChI=1S/C82H116N20O22/c1-45(2)39-59-75(115)93-55(25-13-15-35-83)71(111)87-37-17-23-53(85)69(109)91-57(29-33-65(103)104)73(113)96-62(42-48-21-11-8-12-22-48)78(118)102-100-68(108)52-44-50(28-32-64(52)124-6)90-80(120)82(122)98-60(40-46(3)4)76(116)94-56(26-14-16-36-84)72(112)88-38-18-24-54(86)70(110)92-58(30-34-66(105)106)74(114)95-61(41-47-19-9-7-10-20-47)77(117)101-99-67(107)51-43-49(27-31-63(51)123-5)89-79(119)81(121)97-59/h7-12,19-22,27-28,31-32,43-46,53-62H,13-18,23-26,29-30,33-42,83-86H2,1-6H3,(H,87,111)(H,88,112)(H,89,119)(H,90,120)(H,91,109)(H,92,110)(H,93,115)(H,94,116)(H,95,114)(H,96,113)(H,97,121)(H,98,122)(H,99,107)(H,100,108)(H,101,117)(H,102,118)(H,103,104)(H,105,106)/t53-,54-,55-,56-,57-,58-,59-,60-,61-,62-/m0/s1. The number of nitrogens with zero attached hydrogens (tertiary/aromatic N) is 12. The van der Waals surface area contributed by atoms with Gasteiger partial charge in [0.05, 0.1) is 37.4 Å². The lowest BCUT2D eigenvalue weighted by atomic mass is 10.0. The molecule has 0 fully saturated rings. The van der Waals surface area contributed by atoms with Crippen molar-refractivity contribution in [1.29, 1.82) is 0 Å². The number of unbranched alkanes of at least 4 members (excludes halogenated alkanes) is 2. The number of anilines is 2. The van der Waals surface area contributed by atoms with Crippen LogP contribution in [0.1, 0.15) is 153 Å². The molecule has 1 heterocycles. The van der Waals surface area contributed by atoms with Crippen molar-refractivity contribution < 1.29 is 110 Å². The Morgan fingerprint density at radius 1 is 0.419 bits per heavy atom. The number of amides is 4. The second-order valence-corrected chi connectivity index (χ2v) is 29.6. The largest absolute Gasteiger partial charge is 0.496 e. The number of ether oxygens (including phenoxy) is 2. The van der Waals surface area contributed by atoms with Gasteiger partial charge >= 0.3 is 35.6 Å². The van der Waals surface area contributed by atoms with Crippen molar-refractivity contribution in [3.8, 4) is 11.5 Å². The van der Waals surface area contributed by atoms with Gasteiger partial charge in [0.2, 0.25) is 59.0 Å². The maximum atomic E-state index is 13.8. The summed E-state index contributed by atoms with van der Waals surface area (Å²) in [6, 6.07) is 9.97. The number of aliphatic hydroxyl groups excluding tert-OH is 12. The highest BCUT2D eigenvalue weighted by Gasteiger charge is 2.32. The zero-order chi connectivity index (χ0) is 91.5. The lowest BCUT2D eigenvalue weighted by molar-refractivity contribution is -0.138. The Hall–Kier alpha value is -13.2. The molecule has 5 rings (SSSR count). The van der Waals surface area contributed by atoms with E-state index in [0.717, 1.165) is 12.1 Å². The summed E-state index contributed by atoms with van der Waals surface area (Å²) in [4.78, 5) is 113. The van der Waals surface area contributed by atoms with E-state index in [-0.39, 0.29) is 136 Å². The molecule has 0 spiro atoms. The molecule has 4 aromatic carbocycles. The van der Waals surface area contributed by atoms with E-state index in [1.807, 2.05) is 0 Å². The molecule has 10 atom stereocenters. The summed E-state index contributed by atoms with van der Waals surface area (Å²) in [5, 5.41) is 182. The molecule has 4 aromatic rings. The Labute approximate surface area is 715 Å². The number of nitrogens with one attached hydrogen (secondary N) is 4. The van der Waals surface area contributed by atoms with Crippen molar-refractivity contribution in [2.24, 2.45) is 95.1 Å². The Morgan fingerprint density at radius 3 is 1.09 bits per heavy atom. The van der Waals surface area contributed by atoms with Crippen molar-refractivity contribution in [2.45, 2.75) is 204 Å². The maximum Gasteiger partial charge on any atom is 0.313 e. The highest BCUT2D eigenvalue weighted by atomic mass is 16.5. The zero-order valence-electron chi connectivity index (χ0n) is 69.9. The lowest BCUT2D eigenvalue weighted by Crippen LogP contribution is -2.47. The number of aliphatic imine (C=N–C) groups is 8. The fourth-order valence-electron chi connectivity index (χ4n) is 12.1. The minimum absolute atomic E-state index is 0.00576. The SMILES string of the molecule is COc1ccc2cc1C(O)=NN=C(O)[C@H](Cc1ccccc1)N=C(O)[C@H](CCC(=O)O)N=C(O)[C@@H](N)CCCN=C(O)[C@H](CCCCN)N=C(O)[C@H](CC(C)C)NC(=O)C(=O)Nc1ccc(OC)c(c1)C(O)=NN=C(O)[C@H](Cc1ccccc1)N=C(O)[C@H](CCC(=O)O)N=C(O)[C@@H](N)CCCN=C(O)[C@H](CCCCN)N=C(O)[C@H](CC(C)C)NC(=O)C(=O)N2. The predicted molar refractivity (Wildman–Crippen MR) is 472 cm³/mol. The van der Waals surface area contributed by atoms with Crippen LogP contribution in [-0.2, 0) is 41.6 Å². The van der Waals surface area contributed by atoms with Gasteiger partial charge in [-0.3, -0.25) is 38.8 Å². The van der Waals surface area contributed by atoms with Crippen LogP contribution in [0.3, 0.4) is 0 Å². The first-order valence-corrected chi connectivity index (χ1v) is 40.2. The van der Waals surface area contributed by atoms with Crippen LogP contribution >= 0.6 is 0 Å². The van der Waals surface area contributed by atoms with Gasteiger partial charge in [0, 0.05) is 50.1 Å². The van der Waals surface area contributed by atoms with Crippen LogP contribution in [0.25, 0.3) is 0 Å². The summed E-state index contributed by atoms with van der Waals surface area (Å²) in [5.41, 5.74) is 24.6. The van der Waals surface area contributed by atoms with Crippen molar-refractivity contribution in [3.63, 3.8) is 0 Å². The number of carboxylic acid groups (broad SMARTS) is 2. The van der Waals surface area contributed by atoms with Gasteiger partial charge < -0.3 is 125 Å². The number of rotatable bonds is 24. The number of aliphatic hydroxyl groups is 12. The van der Waals surface area contributed by atoms with Crippen molar-refractivity contribution in [1.82, 2.24) is 10.6 Å². The summed E-state index contributed by atoms with van der Waals surface area (Å²) in [7, 11) is 2.46. The smallest absolute Gasteiger partial charge is 0.313 e. The normalized spacial score (nSPS) is 21.7. The molecule has 0 saturated heterocycles. The number of benzene rings is 4. The second kappa shape index (κ2) is 52.8. The number of carbonyl (C=O) groups is 6. The molecule has 1 aliphatic heterocycles. The Balaban J connectivity index is 1.62. The van der Waals surface area contributed by atoms with Crippen LogP contribution in [0.5, 0.6) is 11.5 Å². The molecule has 0 unspecified atom stereocenters. The van der Waals surface area contributed by atoms with Crippen LogP contribution in [-0.4, -0.2) is 279 Å². The molecule has 676 valence electrons. The van der Waals surface area contributed by atoms with E-state index in [1.54, 1.807) is 88.4 Å². The van der Waals surface area contributed by atoms with Gasteiger partial charge in [0.1, 0.15) is 59.8 Å². The van der Waals surface area contributed by atoms with Gasteiger partial charge in [-0.2, -0.15) is 0 Å². The molecule has 0 radical (unpaired) electrons. The van der Waals surface area contributed by atoms with Crippen molar-refractivity contribution >= 4 is 118 Å². The first kappa shape index (κ1) is 101. The maximum absolute atomic E-state index is 13.8. The van der Waals surface area contributed by atoms with Gasteiger partial charge in [-0.25, -0.2) is 30.0 Å². The summed E-state index contributed by atoms with van der Waals surface area (Å²) in [6.07, 6.45) is -0.948. The topological polar surface area (TPSA) is 705 Å². The monoisotopic (exact) mass is 1730 g/mol. The van der Waals surface area contributed by atoms with E-state index < -0.39 is 192 Å². The summed E-state index contributed by atoms with van der Waals surface area (Å²) in [5.74, 6) is -18.1. The molecule has 42 nitrogen and oxygen atoms in total. The van der Waals surface area contributed by atoms with Gasteiger partial charge in [0.15, 0.2) is 11.8 Å². The zero-order valence-corrected chi connectivity index (χ0v) is 69.9. The highest BCUT2D eigenvalue weighted by molar-refractivity contribution is 6.40. The van der Waals surface area contributed by atoms with Gasteiger partial charge in [0.25, 0.3) is 0 Å². The molecule has 42 heteroatoms. The number of nitrogens with two attached hydrogens (primary N) is 4. The fourth-order valence-corrected chi connectivity index (χ4v) is 12.1. The molecular formula is C82H116N20O22. The molecule has 4 amide bonds. The molecular weight excluding hydrogens is 1620 g/mol. The van der Waals surface area contributed by atoms with Crippen LogP contribution in [0, 0.1) is 11.8 Å². The first-order chi connectivity index (χ1) is 59.0. The van der Waals surface area contributed by atoms with Gasteiger partial charge in [-0.05, 0) is 162 Å². The molecule has 124 heavy (non-hydrogen) atoms. The number of carboxylic acids is 2. The van der Waals surface area contributed by atoms with E-state index in [4.69, 9.17) is 32.4 Å². The van der Waals surface area contributed by atoms with Crippen LogP contribution in [0.15, 0.2) is 157 Å². The van der Waals surface area contributed by atoms with E-state index in [1.165, 1.54) is 38.5 Å².